The van der Waals surface area contributed by atoms with Crippen molar-refractivity contribution in [2.75, 3.05) is 0 Å². The van der Waals surface area contributed by atoms with Crippen LogP contribution in [0.1, 0.15) is 0 Å². The second-order valence-corrected chi connectivity index (χ2v) is 4.01. The van der Waals surface area contributed by atoms with E-state index in [-0.39, 0.29) is 8.86 Å². The zero-order chi connectivity index (χ0) is 6.73. The van der Waals surface area contributed by atoms with E-state index in [0.29, 0.717) is 0 Å². The van der Waals surface area contributed by atoms with E-state index >= 15 is 0 Å². The van der Waals surface area contributed by atoms with Gasteiger partial charge in [0.2, 0.25) is 0 Å². The summed E-state index contributed by atoms with van der Waals surface area (Å²) in [5.74, 6) is 0. The molecule has 0 aliphatic rings. The highest BCUT2D eigenvalue weighted by atomic mass is 35.7. The SMILES string of the molecule is O=[S@](Cl)C(Cl)=C(Cl)Cl. The van der Waals surface area contributed by atoms with Crippen LogP contribution in [0.15, 0.2) is 8.86 Å². The standard InChI is InChI=1S/C2Cl4OS/c3-1(4)2(5)8(6)7/t8-/m0/s1. The molecule has 0 unspecified atom stereocenters. The highest BCUT2D eigenvalue weighted by Gasteiger charge is 2.03. The van der Waals surface area contributed by atoms with Crippen LogP contribution in [-0.2, 0) is 10.0 Å². The number of hydrogen-bond donors (Lipinski definition) is 0. The third-order valence-electron chi connectivity index (χ3n) is 0.289. The van der Waals surface area contributed by atoms with Crippen molar-refractivity contribution in [3.63, 3.8) is 0 Å². The Morgan fingerprint density at radius 3 is 1.62 bits per heavy atom. The van der Waals surface area contributed by atoms with E-state index in [2.05, 4.69) is 0 Å². The molecule has 0 amide bonds. The lowest BCUT2D eigenvalue weighted by atomic mass is 11.2. The minimum absolute atomic E-state index is 0.241. The van der Waals surface area contributed by atoms with E-state index in [1.807, 2.05) is 0 Å². The molecule has 0 aromatic carbocycles. The summed E-state index contributed by atoms with van der Waals surface area (Å²) in [7, 11) is 3.15. The van der Waals surface area contributed by atoms with E-state index in [1.165, 1.54) is 0 Å². The minimum atomic E-state index is -1.79. The summed E-state index contributed by atoms with van der Waals surface area (Å²) >= 11 is 15.3. The maximum absolute atomic E-state index is 10.1. The summed E-state index contributed by atoms with van der Waals surface area (Å²) in [6.07, 6.45) is 0. The average Bonchev–Trinajstić information content (AvgIpc) is 1.64. The third-order valence-corrected chi connectivity index (χ3v) is 2.88. The zero-order valence-corrected chi connectivity index (χ0v) is 7.17. The summed E-state index contributed by atoms with van der Waals surface area (Å²) in [5.41, 5.74) is 0. The molecule has 0 N–H and O–H groups in total. The van der Waals surface area contributed by atoms with Gasteiger partial charge in [0.25, 0.3) is 0 Å². The maximum atomic E-state index is 10.1. The van der Waals surface area contributed by atoms with Crippen LogP contribution in [0.2, 0.25) is 0 Å². The molecule has 0 radical (unpaired) electrons. The van der Waals surface area contributed by atoms with E-state index in [9.17, 15) is 4.21 Å². The molecule has 0 saturated heterocycles. The molecule has 0 saturated carbocycles. The summed E-state index contributed by atoms with van der Waals surface area (Å²) < 4.78 is 9.60. The molecule has 8 heavy (non-hydrogen) atoms. The Bertz CT molecular complexity index is 137. The van der Waals surface area contributed by atoms with Gasteiger partial charge in [0.15, 0.2) is 14.4 Å². The number of rotatable bonds is 1. The first-order chi connectivity index (χ1) is 3.55. The fourth-order valence-corrected chi connectivity index (χ4v) is 1.07. The zero-order valence-electron chi connectivity index (χ0n) is 3.33. The monoisotopic (exact) mass is 212 g/mol. The second-order valence-electron chi connectivity index (χ2n) is 0.758. The summed E-state index contributed by atoms with van der Waals surface area (Å²) in [4.78, 5) is 0. The van der Waals surface area contributed by atoms with Crippen molar-refractivity contribution in [1.29, 1.82) is 0 Å². The lowest BCUT2D eigenvalue weighted by Crippen LogP contribution is -1.74. The van der Waals surface area contributed by atoms with Gasteiger partial charge in [0.1, 0.15) is 4.49 Å². The fraction of sp³-hybridized carbons (Fsp3) is 0. The summed E-state index contributed by atoms with van der Waals surface area (Å²) in [6.45, 7) is 0. The molecule has 6 heteroatoms. The summed E-state index contributed by atoms with van der Waals surface area (Å²) in [5, 5.41) is 0. The quantitative estimate of drug-likeness (QED) is 0.613. The molecule has 1 nitrogen and oxygen atoms in total. The Balaban J connectivity index is 4.23. The van der Waals surface area contributed by atoms with Gasteiger partial charge < -0.3 is 0 Å². The molecule has 0 heterocycles. The van der Waals surface area contributed by atoms with Crippen LogP contribution in [0.4, 0.5) is 0 Å². The van der Waals surface area contributed by atoms with Gasteiger partial charge in [-0.05, 0) is 10.7 Å². The Morgan fingerprint density at radius 2 is 1.62 bits per heavy atom. The molecule has 1 atom stereocenters. The van der Waals surface area contributed by atoms with Crippen LogP contribution >= 0.6 is 45.5 Å². The molecule has 48 valence electrons. The molecule has 0 rings (SSSR count). The fourth-order valence-electron chi connectivity index (χ4n) is 0.0607. The van der Waals surface area contributed by atoms with Gasteiger partial charge in [-0.2, -0.15) is 0 Å². The van der Waals surface area contributed by atoms with E-state index in [0.717, 1.165) is 0 Å². The molecule has 0 bridgehead atoms. The topological polar surface area (TPSA) is 17.1 Å². The largest absolute Gasteiger partial charge is 0.236 e. The van der Waals surface area contributed by atoms with Crippen molar-refractivity contribution >= 4 is 55.5 Å². The molecule has 0 aliphatic heterocycles. The van der Waals surface area contributed by atoms with Gasteiger partial charge in [0, 0.05) is 0 Å². The lowest BCUT2D eigenvalue weighted by Gasteiger charge is -1.85. The highest BCUT2D eigenvalue weighted by Crippen LogP contribution is 2.22. The van der Waals surface area contributed by atoms with Gasteiger partial charge in [-0.3, -0.25) is 0 Å². The molecule has 0 aliphatic carbocycles. The van der Waals surface area contributed by atoms with Crippen molar-refractivity contribution in [3.8, 4) is 0 Å². The minimum Gasteiger partial charge on any atom is -0.236 e. The predicted molar refractivity (Wildman–Crippen MR) is 38.6 cm³/mol. The lowest BCUT2D eigenvalue weighted by molar-refractivity contribution is 0.695. The average molecular weight is 214 g/mol. The number of halogens is 4. The normalized spacial score (nSPS) is 13.0. The first-order valence-corrected chi connectivity index (χ1v) is 4.45. The predicted octanol–water partition coefficient (Wildman–Crippen LogP) is 2.73. The van der Waals surface area contributed by atoms with Crippen LogP contribution in [0.25, 0.3) is 0 Å². The summed E-state index contributed by atoms with van der Waals surface area (Å²) in [6, 6.07) is 0. The van der Waals surface area contributed by atoms with Gasteiger partial charge >= 0.3 is 0 Å². The number of hydrogen-bond acceptors (Lipinski definition) is 1. The van der Waals surface area contributed by atoms with Crippen LogP contribution in [0.5, 0.6) is 0 Å². The van der Waals surface area contributed by atoms with Gasteiger partial charge in [-0.1, -0.05) is 34.8 Å². The Labute approximate surface area is 68.5 Å². The Kier molecular flexibility index (Phi) is 4.48. The molecule has 0 aromatic heterocycles. The van der Waals surface area contributed by atoms with Gasteiger partial charge in [-0.25, -0.2) is 4.21 Å². The molecular formula is C2Cl4OS. The Morgan fingerprint density at radius 1 is 1.25 bits per heavy atom. The van der Waals surface area contributed by atoms with Crippen LogP contribution in [0, 0.1) is 0 Å². The molecule has 0 spiro atoms. The molecule has 0 fully saturated rings. The third kappa shape index (κ3) is 3.15. The van der Waals surface area contributed by atoms with Crippen molar-refractivity contribution in [2.24, 2.45) is 0 Å². The van der Waals surface area contributed by atoms with Crippen LogP contribution < -0.4 is 0 Å². The van der Waals surface area contributed by atoms with Gasteiger partial charge in [0.05, 0.1) is 0 Å². The smallest absolute Gasteiger partial charge is 0.161 e. The molecular weight excluding hydrogens is 214 g/mol. The first kappa shape index (κ1) is 9.05. The first-order valence-electron chi connectivity index (χ1n) is 1.34. The van der Waals surface area contributed by atoms with Crippen LogP contribution in [-0.4, -0.2) is 4.21 Å². The van der Waals surface area contributed by atoms with Crippen molar-refractivity contribution in [1.82, 2.24) is 0 Å². The van der Waals surface area contributed by atoms with Crippen molar-refractivity contribution in [2.45, 2.75) is 0 Å². The maximum Gasteiger partial charge on any atom is 0.161 e. The highest BCUT2D eigenvalue weighted by molar-refractivity contribution is 8.12. The van der Waals surface area contributed by atoms with Crippen molar-refractivity contribution < 1.29 is 4.21 Å². The van der Waals surface area contributed by atoms with Crippen molar-refractivity contribution in [3.05, 3.63) is 8.86 Å². The van der Waals surface area contributed by atoms with Gasteiger partial charge in [-0.15, -0.1) is 0 Å². The van der Waals surface area contributed by atoms with E-state index in [1.54, 1.807) is 0 Å². The molecule has 0 aromatic rings. The van der Waals surface area contributed by atoms with Crippen LogP contribution in [0.3, 0.4) is 0 Å². The Hall–Kier alpha value is 1.05. The van der Waals surface area contributed by atoms with E-state index in [4.69, 9.17) is 45.5 Å². The van der Waals surface area contributed by atoms with E-state index < -0.39 is 10.0 Å². The second kappa shape index (κ2) is 3.96.